The van der Waals surface area contributed by atoms with Crippen molar-refractivity contribution in [1.29, 1.82) is 0 Å². The van der Waals surface area contributed by atoms with Gasteiger partial charge in [0.2, 0.25) is 0 Å². The van der Waals surface area contributed by atoms with Gasteiger partial charge in [0.05, 0.1) is 21.6 Å². The Kier molecular flexibility index (Phi) is 4.72. The SMILES string of the molecule is O=C(N/N=C\c1ccccc1[N+](=O)[O-])c1ccc([N+](=O)[O-])cc1. The summed E-state index contributed by atoms with van der Waals surface area (Å²) in [6, 6.07) is 10.9. The van der Waals surface area contributed by atoms with Crippen molar-refractivity contribution in [2.24, 2.45) is 5.10 Å². The highest BCUT2D eigenvalue weighted by atomic mass is 16.6. The largest absolute Gasteiger partial charge is 0.278 e. The van der Waals surface area contributed by atoms with Gasteiger partial charge >= 0.3 is 0 Å². The summed E-state index contributed by atoms with van der Waals surface area (Å²) < 4.78 is 0. The lowest BCUT2D eigenvalue weighted by atomic mass is 10.2. The van der Waals surface area contributed by atoms with Crippen LogP contribution < -0.4 is 5.43 Å². The first-order valence-corrected chi connectivity index (χ1v) is 6.30. The zero-order valence-electron chi connectivity index (χ0n) is 11.6. The van der Waals surface area contributed by atoms with E-state index in [4.69, 9.17) is 0 Å². The molecule has 0 heterocycles. The second-order valence-corrected chi connectivity index (χ2v) is 4.32. The number of rotatable bonds is 5. The van der Waals surface area contributed by atoms with Crippen LogP contribution in [0.15, 0.2) is 53.6 Å². The summed E-state index contributed by atoms with van der Waals surface area (Å²) in [5.74, 6) is -0.588. The average Bonchev–Trinajstić information content (AvgIpc) is 2.55. The minimum Gasteiger partial charge on any atom is -0.267 e. The molecule has 0 bridgehead atoms. The third-order valence-corrected chi connectivity index (χ3v) is 2.84. The first kappa shape index (κ1) is 15.8. The van der Waals surface area contributed by atoms with E-state index >= 15 is 0 Å². The molecule has 0 spiro atoms. The predicted molar refractivity (Wildman–Crippen MR) is 81.3 cm³/mol. The molecule has 0 saturated carbocycles. The number of non-ortho nitro benzene ring substituents is 1. The van der Waals surface area contributed by atoms with Gasteiger partial charge in [-0.3, -0.25) is 25.0 Å². The summed E-state index contributed by atoms with van der Waals surface area (Å²) in [7, 11) is 0. The van der Waals surface area contributed by atoms with Crippen LogP contribution in [0.1, 0.15) is 15.9 Å². The highest BCUT2D eigenvalue weighted by Gasteiger charge is 2.11. The molecule has 2 aromatic rings. The molecule has 1 amide bonds. The fourth-order valence-electron chi connectivity index (χ4n) is 1.72. The van der Waals surface area contributed by atoms with E-state index in [-0.39, 0.29) is 22.5 Å². The van der Waals surface area contributed by atoms with Crippen molar-refractivity contribution >= 4 is 23.5 Å². The Balaban J connectivity index is 2.07. The number of carbonyl (C=O) groups is 1. The summed E-state index contributed by atoms with van der Waals surface area (Å²) in [5.41, 5.74) is 2.34. The standard InChI is InChI=1S/C14H10N4O5/c19-14(10-5-7-12(8-6-10)17(20)21)16-15-9-11-3-1-2-4-13(11)18(22)23/h1-9H,(H,16,19)/b15-9-. The van der Waals surface area contributed by atoms with Gasteiger partial charge in [-0.1, -0.05) is 12.1 Å². The van der Waals surface area contributed by atoms with Crippen LogP contribution in [0.3, 0.4) is 0 Å². The summed E-state index contributed by atoms with van der Waals surface area (Å²) in [6.07, 6.45) is 1.15. The van der Waals surface area contributed by atoms with Crippen molar-refractivity contribution in [3.05, 3.63) is 79.9 Å². The molecular weight excluding hydrogens is 304 g/mol. The quantitative estimate of drug-likeness (QED) is 0.514. The number of hydrazone groups is 1. The van der Waals surface area contributed by atoms with E-state index < -0.39 is 15.8 Å². The second kappa shape index (κ2) is 6.89. The maximum atomic E-state index is 11.8. The van der Waals surface area contributed by atoms with Crippen molar-refractivity contribution in [3.8, 4) is 0 Å². The first-order chi connectivity index (χ1) is 11.0. The molecule has 9 nitrogen and oxygen atoms in total. The Morgan fingerprint density at radius 2 is 1.65 bits per heavy atom. The molecule has 1 N–H and O–H groups in total. The van der Waals surface area contributed by atoms with E-state index in [9.17, 15) is 25.0 Å². The smallest absolute Gasteiger partial charge is 0.267 e. The van der Waals surface area contributed by atoms with Crippen LogP contribution in [-0.2, 0) is 0 Å². The van der Waals surface area contributed by atoms with Gasteiger partial charge in [0.15, 0.2) is 0 Å². The van der Waals surface area contributed by atoms with E-state index in [0.717, 1.165) is 6.21 Å². The van der Waals surface area contributed by atoms with Crippen LogP contribution in [0.25, 0.3) is 0 Å². The van der Waals surface area contributed by atoms with E-state index in [0.29, 0.717) is 0 Å². The Morgan fingerprint density at radius 1 is 1.00 bits per heavy atom. The van der Waals surface area contributed by atoms with Gasteiger partial charge in [-0.05, 0) is 18.2 Å². The molecule has 0 radical (unpaired) electrons. The molecule has 0 aliphatic heterocycles. The monoisotopic (exact) mass is 314 g/mol. The number of benzene rings is 2. The summed E-state index contributed by atoms with van der Waals surface area (Å²) >= 11 is 0. The third kappa shape index (κ3) is 3.94. The molecule has 23 heavy (non-hydrogen) atoms. The topological polar surface area (TPSA) is 128 Å². The molecule has 2 aromatic carbocycles. The Labute approximate surface area is 129 Å². The van der Waals surface area contributed by atoms with Crippen molar-refractivity contribution in [1.82, 2.24) is 5.43 Å². The Hall–Kier alpha value is -3.62. The Morgan fingerprint density at radius 3 is 2.26 bits per heavy atom. The van der Waals surface area contributed by atoms with Crippen LogP contribution in [-0.4, -0.2) is 22.0 Å². The molecular formula is C14H10N4O5. The number of hydrogen-bond acceptors (Lipinski definition) is 6. The highest BCUT2D eigenvalue weighted by Crippen LogP contribution is 2.15. The van der Waals surface area contributed by atoms with Crippen molar-refractivity contribution < 1.29 is 14.6 Å². The maximum absolute atomic E-state index is 11.8. The van der Waals surface area contributed by atoms with Gasteiger partial charge in [0, 0.05) is 23.8 Å². The molecule has 0 atom stereocenters. The number of nitro groups is 2. The van der Waals surface area contributed by atoms with Gasteiger partial charge in [0.25, 0.3) is 17.3 Å². The number of nitro benzene ring substituents is 2. The van der Waals surface area contributed by atoms with Gasteiger partial charge in [0.1, 0.15) is 0 Å². The highest BCUT2D eigenvalue weighted by molar-refractivity contribution is 5.95. The van der Waals surface area contributed by atoms with Gasteiger partial charge in [-0.2, -0.15) is 5.10 Å². The van der Waals surface area contributed by atoms with Crippen LogP contribution in [0.2, 0.25) is 0 Å². The minimum atomic E-state index is -0.588. The molecule has 2 rings (SSSR count). The van der Waals surface area contributed by atoms with Gasteiger partial charge in [-0.15, -0.1) is 0 Å². The third-order valence-electron chi connectivity index (χ3n) is 2.84. The van der Waals surface area contributed by atoms with Crippen LogP contribution in [0, 0.1) is 20.2 Å². The maximum Gasteiger partial charge on any atom is 0.278 e. The van der Waals surface area contributed by atoms with Crippen molar-refractivity contribution in [2.45, 2.75) is 0 Å². The number of nitrogens with one attached hydrogen (secondary N) is 1. The molecule has 0 fully saturated rings. The van der Waals surface area contributed by atoms with Gasteiger partial charge in [-0.25, -0.2) is 5.43 Å². The zero-order chi connectivity index (χ0) is 16.8. The number of nitrogens with zero attached hydrogens (tertiary/aromatic N) is 3. The van der Waals surface area contributed by atoms with E-state index in [1.807, 2.05) is 0 Å². The van der Waals surface area contributed by atoms with Crippen LogP contribution in [0.4, 0.5) is 11.4 Å². The fourth-order valence-corrected chi connectivity index (χ4v) is 1.72. The van der Waals surface area contributed by atoms with Gasteiger partial charge < -0.3 is 0 Å². The minimum absolute atomic E-state index is 0.134. The van der Waals surface area contributed by atoms with E-state index in [2.05, 4.69) is 10.5 Å². The van der Waals surface area contributed by atoms with Crippen LogP contribution >= 0.6 is 0 Å². The molecule has 0 unspecified atom stereocenters. The lowest BCUT2D eigenvalue weighted by Gasteiger charge is -2.00. The predicted octanol–water partition coefficient (Wildman–Crippen LogP) is 2.27. The number of hydrogen-bond donors (Lipinski definition) is 1. The number of para-hydroxylation sites is 1. The summed E-state index contributed by atoms with van der Waals surface area (Å²) in [4.78, 5) is 32.0. The van der Waals surface area contributed by atoms with E-state index in [1.165, 1.54) is 42.5 Å². The van der Waals surface area contributed by atoms with Crippen LogP contribution in [0.5, 0.6) is 0 Å². The molecule has 0 saturated heterocycles. The zero-order valence-corrected chi connectivity index (χ0v) is 11.6. The van der Waals surface area contributed by atoms with E-state index in [1.54, 1.807) is 6.07 Å². The fraction of sp³-hybridized carbons (Fsp3) is 0. The number of carbonyl (C=O) groups excluding carboxylic acids is 1. The Bertz CT molecular complexity index is 786. The first-order valence-electron chi connectivity index (χ1n) is 6.30. The lowest BCUT2D eigenvalue weighted by molar-refractivity contribution is -0.385. The molecule has 0 aliphatic carbocycles. The molecule has 0 aromatic heterocycles. The summed E-state index contributed by atoms with van der Waals surface area (Å²) in [5, 5.41) is 25.0. The number of amides is 1. The lowest BCUT2D eigenvalue weighted by Crippen LogP contribution is -2.17. The molecule has 0 aliphatic rings. The normalized spacial score (nSPS) is 10.4. The van der Waals surface area contributed by atoms with Crippen molar-refractivity contribution in [2.75, 3.05) is 0 Å². The molecule has 9 heteroatoms. The second-order valence-electron chi connectivity index (χ2n) is 4.32. The molecule has 116 valence electrons. The average molecular weight is 314 g/mol. The summed E-state index contributed by atoms with van der Waals surface area (Å²) in [6.45, 7) is 0. The van der Waals surface area contributed by atoms with Crippen molar-refractivity contribution in [3.63, 3.8) is 0 Å².